The Morgan fingerprint density at radius 3 is 2.92 bits per heavy atom. The van der Waals surface area contributed by atoms with Gasteiger partial charge in [-0.05, 0) is 12.6 Å². The molecule has 0 saturated heterocycles. The topological polar surface area (TPSA) is 58.3 Å². The van der Waals surface area contributed by atoms with Crippen LogP contribution in [0.15, 0.2) is 45.9 Å². The number of hydrogen-bond acceptors (Lipinski definition) is 5. The van der Waals surface area contributed by atoms with Gasteiger partial charge in [0.2, 0.25) is 0 Å². The molecule has 0 radical (unpaired) electrons. The van der Waals surface area contributed by atoms with Crippen LogP contribution in [0.2, 0.25) is 0 Å². The van der Waals surface area contributed by atoms with Gasteiger partial charge in [-0.15, -0.1) is 0 Å². The molecule has 6 nitrogen and oxygen atoms in total. The molecule has 0 bridgehead atoms. The summed E-state index contributed by atoms with van der Waals surface area (Å²) in [5.74, 6) is 0.538. The van der Waals surface area contributed by atoms with Gasteiger partial charge in [0.1, 0.15) is 11.4 Å². The number of nitrogens with zero attached hydrogens (tertiary/aromatic N) is 5. The number of nitrogens with one attached hydrogen (secondary N) is 1. The maximum Gasteiger partial charge on any atom is 0.281 e. The molecule has 0 aliphatic carbocycles. The molecule has 0 amide bonds. The maximum atomic E-state index is 12.9. The first-order valence-corrected chi connectivity index (χ1v) is 7.63. The molecule has 2 rings (SSSR count). The summed E-state index contributed by atoms with van der Waals surface area (Å²) in [5.41, 5.74) is 0.0557. The summed E-state index contributed by atoms with van der Waals surface area (Å²) in [6.45, 7) is 7.29. The number of likely N-dealkylation sites (N-methyl/N-ethyl adjacent to an activating group) is 1. The van der Waals surface area contributed by atoms with Gasteiger partial charge in [-0.2, -0.15) is 0 Å². The summed E-state index contributed by atoms with van der Waals surface area (Å²) >= 11 is 0. The highest BCUT2D eigenvalue weighted by Gasteiger charge is 2.25. The fourth-order valence-electron chi connectivity index (χ4n) is 2.55. The highest BCUT2D eigenvalue weighted by molar-refractivity contribution is 5.95. The van der Waals surface area contributed by atoms with E-state index in [1.165, 1.54) is 23.5 Å². The largest absolute Gasteiger partial charge is 0.336 e. The van der Waals surface area contributed by atoms with Gasteiger partial charge in [0.25, 0.3) is 6.43 Å². The normalized spacial score (nSPS) is 21.9. The summed E-state index contributed by atoms with van der Waals surface area (Å²) in [4.78, 5) is 8.96. The summed E-state index contributed by atoms with van der Waals surface area (Å²) in [7, 11) is 1.78. The van der Waals surface area contributed by atoms with Gasteiger partial charge in [-0.25, -0.2) is 13.8 Å². The van der Waals surface area contributed by atoms with Gasteiger partial charge in [0.15, 0.2) is 5.84 Å². The van der Waals surface area contributed by atoms with Gasteiger partial charge in [0, 0.05) is 32.6 Å². The minimum absolute atomic E-state index is 0.157. The third-order valence-electron chi connectivity index (χ3n) is 3.82. The monoisotopic (exact) mass is 336 g/mol. The fraction of sp³-hybridized carbons (Fsp3) is 0.438. The summed E-state index contributed by atoms with van der Waals surface area (Å²) < 4.78 is 25.8. The van der Waals surface area contributed by atoms with Crippen LogP contribution < -0.4 is 0 Å². The van der Waals surface area contributed by atoms with Crippen molar-refractivity contribution in [3.8, 4) is 0 Å². The number of hydrazine groups is 1. The van der Waals surface area contributed by atoms with E-state index in [0.717, 1.165) is 6.54 Å². The summed E-state index contributed by atoms with van der Waals surface area (Å²) in [5, 5.41) is 12.2. The number of amidine groups is 1. The number of alkyl halides is 2. The lowest BCUT2D eigenvalue weighted by Crippen LogP contribution is -2.49. The van der Waals surface area contributed by atoms with Crippen LogP contribution in [0.1, 0.15) is 6.92 Å². The molecule has 0 spiro atoms. The van der Waals surface area contributed by atoms with Crippen molar-refractivity contribution in [2.45, 2.75) is 13.3 Å². The van der Waals surface area contributed by atoms with E-state index in [1.807, 2.05) is 5.01 Å². The van der Waals surface area contributed by atoms with Crippen LogP contribution in [0.4, 0.5) is 8.78 Å². The van der Waals surface area contributed by atoms with Gasteiger partial charge < -0.3 is 4.90 Å². The Hall–Kier alpha value is -2.35. The third kappa shape index (κ3) is 4.14. The first-order chi connectivity index (χ1) is 11.4. The molecule has 0 aromatic carbocycles. The van der Waals surface area contributed by atoms with Gasteiger partial charge >= 0.3 is 0 Å². The lowest BCUT2D eigenvalue weighted by atomic mass is 10.1. The minimum atomic E-state index is -2.66. The minimum Gasteiger partial charge on any atom is -0.336 e. The van der Waals surface area contributed by atoms with E-state index in [1.54, 1.807) is 12.1 Å². The second kappa shape index (κ2) is 7.96. The van der Waals surface area contributed by atoms with Crippen LogP contribution >= 0.6 is 0 Å². The van der Waals surface area contributed by atoms with Gasteiger partial charge in [-0.3, -0.25) is 20.4 Å². The Kier molecular flexibility index (Phi) is 5.97. The molecular formula is C16H22F2N6. The molecule has 0 fully saturated rings. The lowest BCUT2D eigenvalue weighted by molar-refractivity contribution is 0.0663. The fourth-order valence-corrected chi connectivity index (χ4v) is 2.55. The smallest absolute Gasteiger partial charge is 0.281 e. The van der Waals surface area contributed by atoms with Crippen molar-refractivity contribution in [3.05, 3.63) is 35.9 Å². The molecule has 0 saturated carbocycles. The zero-order valence-corrected chi connectivity index (χ0v) is 13.9. The number of hydrogen-bond donors (Lipinski definition) is 1. The van der Waals surface area contributed by atoms with Gasteiger partial charge in [-0.1, -0.05) is 19.1 Å². The molecule has 0 aromatic rings. The predicted octanol–water partition coefficient (Wildman–Crippen LogP) is 2.35. The average molecular weight is 336 g/mol. The van der Waals surface area contributed by atoms with Crippen molar-refractivity contribution in [3.63, 3.8) is 0 Å². The van der Waals surface area contributed by atoms with Crippen molar-refractivity contribution >= 4 is 18.8 Å². The van der Waals surface area contributed by atoms with Gasteiger partial charge in [0.05, 0.1) is 12.7 Å². The number of aliphatic imine (C=N–C) groups is 2. The second-order valence-corrected chi connectivity index (χ2v) is 5.66. The van der Waals surface area contributed by atoms with Crippen molar-refractivity contribution in [1.82, 2.24) is 14.9 Å². The molecular weight excluding hydrogens is 314 g/mol. The van der Waals surface area contributed by atoms with E-state index < -0.39 is 6.43 Å². The zero-order chi connectivity index (χ0) is 17.7. The number of allylic oxidation sites excluding steroid dienone is 1. The van der Waals surface area contributed by atoms with Crippen molar-refractivity contribution < 1.29 is 8.78 Å². The van der Waals surface area contributed by atoms with Crippen LogP contribution in [-0.2, 0) is 0 Å². The number of halogens is 2. The van der Waals surface area contributed by atoms with E-state index in [-0.39, 0.29) is 11.5 Å². The van der Waals surface area contributed by atoms with E-state index >= 15 is 0 Å². The second-order valence-electron chi connectivity index (χ2n) is 5.66. The quantitative estimate of drug-likeness (QED) is 0.476. The first kappa shape index (κ1) is 18.0. The van der Waals surface area contributed by atoms with E-state index in [9.17, 15) is 8.78 Å². The van der Waals surface area contributed by atoms with Crippen LogP contribution in [0.25, 0.3) is 0 Å². The van der Waals surface area contributed by atoms with Crippen LogP contribution in [0.3, 0.4) is 0 Å². The Balaban J connectivity index is 2.20. The Labute approximate surface area is 140 Å². The zero-order valence-electron chi connectivity index (χ0n) is 13.9. The summed E-state index contributed by atoms with van der Waals surface area (Å²) in [6.07, 6.45) is 5.58. The molecule has 2 aliphatic heterocycles. The molecule has 8 heteroatoms. The maximum absolute atomic E-state index is 12.9. The highest BCUT2D eigenvalue weighted by atomic mass is 19.3. The lowest BCUT2D eigenvalue weighted by Gasteiger charge is -2.38. The predicted molar refractivity (Wildman–Crippen MR) is 92.3 cm³/mol. The SMILES string of the molecule is C=N/C=C(/C(=N)N(C)N1CC=CC(C)C1)N1C=C(C(F)F)N=CC1. The molecule has 0 aromatic heterocycles. The molecule has 1 unspecified atom stereocenters. The van der Waals surface area contributed by atoms with E-state index in [2.05, 4.69) is 35.8 Å². The van der Waals surface area contributed by atoms with Crippen molar-refractivity contribution in [1.29, 1.82) is 5.41 Å². The van der Waals surface area contributed by atoms with E-state index in [4.69, 9.17) is 5.41 Å². The van der Waals surface area contributed by atoms with E-state index in [0.29, 0.717) is 24.7 Å². The first-order valence-electron chi connectivity index (χ1n) is 7.63. The summed E-state index contributed by atoms with van der Waals surface area (Å²) in [6, 6.07) is 0. The standard InChI is InChI=1S/C16H22F2N6/c1-12-5-4-7-24(10-12)22(3)16(19)14(9-20-2)23-8-6-21-13(11-23)15(17)18/h4-6,9,11-12,15,19H,2,7-8,10H2,1,3H3/b14-9-,19-16?. The molecule has 1 N–H and O–H groups in total. The number of rotatable bonds is 5. The average Bonchev–Trinajstić information content (AvgIpc) is 2.58. The van der Waals surface area contributed by atoms with Crippen LogP contribution in [-0.4, -0.2) is 66.8 Å². The molecule has 2 heterocycles. The Bertz CT molecular complexity index is 608. The van der Waals surface area contributed by atoms with Crippen LogP contribution in [0, 0.1) is 11.3 Å². The molecule has 24 heavy (non-hydrogen) atoms. The van der Waals surface area contributed by atoms with Crippen molar-refractivity contribution in [2.75, 3.05) is 26.7 Å². The molecule has 130 valence electrons. The Morgan fingerprint density at radius 2 is 2.29 bits per heavy atom. The van der Waals surface area contributed by atoms with Crippen LogP contribution in [0.5, 0.6) is 0 Å². The Morgan fingerprint density at radius 1 is 1.54 bits per heavy atom. The highest BCUT2D eigenvalue weighted by Crippen LogP contribution is 2.20. The molecule has 1 atom stereocenters. The van der Waals surface area contributed by atoms with Crippen molar-refractivity contribution in [2.24, 2.45) is 15.9 Å². The third-order valence-corrected chi connectivity index (χ3v) is 3.82. The molecule has 2 aliphatic rings.